The van der Waals surface area contributed by atoms with Crippen molar-refractivity contribution in [1.29, 1.82) is 0 Å². The minimum absolute atomic E-state index is 0.100. The molecular weight excluding hydrogens is 378 g/mol. The van der Waals surface area contributed by atoms with E-state index in [-0.39, 0.29) is 24.3 Å². The number of piperazine rings is 1. The predicted molar refractivity (Wildman–Crippen MR) is 98.6 cm³/mol. The molecule has 0 unspecified atom stereocenters. The van der Waals surface area contributed by atoms with Crippen LogP contribution < -0.4 is 9.47 Å². The number of hydrogen-bond acceptors (Lipinski definition) is 7. The number of furan rings is 1. The normalized spacial score (nSPS) is 15.6. The monoisotopic (exact) mass is 395 g/mol. The number of nitrogens with zero attached hydrogens (tertiary/aromatic N) is 3. The largest absolute Gasteiger partial charge is 0.461 e. The van der Waals surface area contributed by atoms with Crippen molar-refractivity contribution >= 4 is 11.8 Å². The third-order valence-corrected chi connectivity index (χ3v) is 4.97. The molecule has 0 spiro atoms. The van der Waals surface area contributed by atoms with Crippen molar-refractivity contribution in [2.45, 2.75) is 0 Å². The molecule has 2 aromatic heterocycles. The lowest BCUT2D eigenvalue weighted by Gasteiger charge is -2.34. The second-order valence-electron chi connectivity index (χ2n) is 6.71. The molecule has 0 aliphatic carbocycles. The van der Waals surface area contributed by atoms with E-state index in [1.807, 2.05) is 0 Å². The number of aromatic nitrogens is 1. The van der Waals surface area contributed by atoms with Gasteiger partial charge in [0.05, 0.1) is 6.26 Å². The van der Waals surface area contributed by atoms with Crippen molar-refractivity contribution in [2.75, 3.05) is 33.0 Å². The first kappa shape index (κ1) is 17.4. The van der Waals surface area contributed by atoms with E-state index in [0.717, 1.165) is 0 Å². The van der Waals surface area contributed by atoms with Crippen molar-refractivity contribution in [3.8, 4) is 23.0 Å². The highest BCUT2D eigenvalue weighted by atomic mass is 16.7. The molecule has 0 bridgehead atoms. The summed E-state index contributed by atoms with van der Waals surface area (Å²) in [5.41, 5.74) is 0.751. The average Bonchev–Trinajstić information content (AvgIpc) is 3.53. The smallest absolute Gasteiger partial charge is 0.276 e. The molecule has 1 saturated heterocycles. The van der Waals surface area contributed by atoms with Gasteiger partial charge in [0, 0.05) is 37.8 Å². The van der Waals surface area contributed by atoms with Gasteiger partial charge in [-0.3, -0.25) is 9.59 Å². The molecule has 9 heteroatoms. The average molecular weight is 395 g/mol. The van der Waals surface area contributed by atoms with Crippen LogP contribution in [0.25, 0.3) is 11.5 Å². The minimum Gasteiger partial charge on any atom is -0.461 e. The Bertz CT molecular complexity index is 1050. The van der Waals surface area contributed by atoms with Crippen molar-refractivity contribution in [2.24, 2.45) is 0 Å². The molecule has 5 rings (SSSR count). The van der Waals surface area contributed by atoms with Gasteiger partial charge in [-0.15, -0.1) is 0 Å². The summed E-state index contributed by atoms with van der Waals surface area (Å²) in [5.74, 6) is 1.78. The second-order valence-corrected chi connectivity index (χ2v) is 6.71. The predicted octanol–water partition coefficient (Wildman–Crippen LogP) is 2.26. The van der Waals surface area contributed by atoms with Gasteiger partial charge < -0.3 is 28.2 Å². The molecule has 2 aliphatic rings. The first-order valence-electron chi connectivity index (χ1n) is 9.18. The Morgan fingerprint density at radius 3 is 2.38 bits per heavy atom. The van der Waals surface area contributed by atoms with Gasteiger partial charge in [-0.25, -0.2) is 0 Å². The number of carbonyl (C=O) groups excluding carboxylic acids is 2. The van der Waals surface area contributed by atoms with Gasteiger partial charge >= 0.3 is 0 Å². The summed E-state index contributed by atoms with van der Waals surface area (Å²) in [5, 5.41) is 3.85. The number of fused-ring (bicyclic) bond motifs is 1. The standard InChI is InChI=1S/C20H17N3O6/c24-19(13-3-4-16-17(10-13)28-12-27-16)22-5-7-23(8-6-22)20(25)14-11-18(29-21-14)15-2-1-9-26-15/h1-4,9-11H,5-8,12H2. The van der Waals surface area contributed by atoms with E-state index in [4.69, 9.17) is 18.4 Å². The van der Waals surface area contributed by atoms with Crippen LogP contribution in [0.15, 0.2) is 51.6 Å². The van der Waals surface area contributed by atoms with E-state index in [2.05, 4.69) is 5.16 Å². The van der Waals surface area contributed by atoms with Crippen LogP contribution in [0.5, 0.6) is 11.5 Å². The molecule has 0 radical (unpaired) electrons. The van der Waals surface area contributed by atoms with Crippen LogP contribution >= 0.6 is 0 Å². The van der Waals surface area contributed by atoms with Crippen LogP contribution in [0.3, 0.4) is 0 Å². The molecule has 0 N–H and O–H groups in total. The summed E-state index contributed by atoms with van der Waals surface area (Å²) in [6, 6.07) is 10.2. The van der Waals surface area contributed by atoms with E-state index in [0.29, 0.717) is 54.8 Å². The summed E-state index contributed by atoms with van der Waals surface area (Å²) in [6.07, 6.45) is 1.52. The van der Waals surface area contributed by atoms with Crippen LogP contribution in [0.4, 0.5) is 0 Å². The maximum absolute atomic E-state index is 12.8. The van der Waals surface area contributed by atoms with Crippen molar-refractivity contribution in [1.82, 2.24) is 15.0 Å². The number of hydrogen-bond donors (Lipinski definition) is 0. The van der Waals surface area contributed by atoms with Crippen molar-refractivity contribution in [3.05, 3.63) is 53.9 Å². The van der Waals surface area contributed by atoms with Crippen molar-refractivity contribution < 1.29 is 28.0 Å². The molecule has 3 aromatic rings. The lowest BCUT2D eigenvalue weighted by molar-refractivity contribution is 0.0529. The molecule has 29 heavy (non-hydrogen) atoms. The summed E-state index contributed by atoms with van der Waals surface area (Å²) in [4.78, 5) is 28.8. The molecular formula is C20H17N3O6. The van der Waals surface area contributed by atoms with Gasteiger partial charge in [-0.2, -0.15) is 0 Å². The third-order valence-electron chi connectivity index (χ3n) is 4.97. The lowest BCUT2D eigenvalue weighted by Crippen LogP contribution is -2.50. The third kappa shape index (κ3) is 3.20. The number of amides is 2. The van der Waals surface area contributed by atoms with E-state index in [9.17, 15) is 9.59 Å². The summed E-state index contributed by atoms with van der Waals surface area (Å²) in [6.45, 7) is 1.86. The number of ether oxygens (including phenoxy) is 2. The first-order chi connectivity index (χ1) is 14.2. The second kappa shape index (κ2) is 7.01. The maximum Gasteiger partial charge on any atom is 0.276 e. The van der Waals surface area contributed by atoms with Gasteiger partial charge in [0.1, 0.15) is 0 Å². The lowest BCUT2D eigenvalue weighted by atomic mass is 10.1. The Morgan fingerprint density at radius 2 is 1.62 bits per heavy atom. The molecule has 1 fully saturated rings. The maximum atomic E-state index is 12.8. The van der Waals surface area contributed by atoms with Crippen LogP contribution in [0.2, 0.25) is 0 Å². The summed E-state index contributed by atoms with van der Waals surface area (Å²) < 4.78 is 21.1. The SMILES string of the molecule is O=C(c1ccc2c(c1)OCO2)N1CCN(C(=O)c2cc(-c3ccco3)on2)CC1. The van der Waals surface area contributed by atoms with Gasteiger partial charge in [0.2, 0.25) is 12.6 Å². The van der Waals surface area contributed by atoms with E-state index in [1.54, 1.807) is 46.2 Å². The molecule has 148 valence electrons. The zero-order valence-corrected chi connectivity index (χ0v) is 15.4. The Labute approximate surface area is 165 Å². The Balaban J connectivity index is 1.22. The zero-order valence-electron chi connectivity index (χ0n) is 15.4. The fourth-order valence-electron chi connectivity index (χ4n) is 3.40. The van der Waals surface area contributed by atoms with E-state index in [1.165, 1.54) is 6.26 Å². The molecule has 0 atom stereocenters. The van der Waals surface area contributed by atoms with Crippen LogP contribution in [-0.2, 0) is 0 Å². The van der Waals surface area contributed by atoms with Gasteiger partial charge in [0.25, 0.3) is 11.8 Å². The quantitative estimate of drug-likeness (QED) is 0.671. The highest BCUT2D eigenvalue weighted by Gasteiger charge is 2.28. The molecule has 4 heterocycles. The zero-order chi connectivity index (χ0) is 19.8. The van der Waals surface area contributed by atoms with Crippen molar-refractivity contribution in [3.63, 3.8) is 0 Å². The molecule has 0 saturated carbocycles. The summed E-state index contributed by atoms with van der Waals surface area (Å²) in [7, 11) is 0. The highest BCUT2D eigenvalue weighted by Crippen LogP contribution is 2.33. The molecule has 2 amide bonds. The fraction of sp³-hybridized carbons (Fsp3) is 0.250. The van der Waals surface area contributed by atoms with Crippen LogP contribution in [0.1, 0.15) is 20.8 Å². The van der Waals surface area contributed by atoms with Gasteiger partial charge in [0.15, 0.2) is 23.0 Å². The Morgan fingerprint density at radius 1 is 0.862 bits per heavy atom. The first-order valence-corrected chi connectivity index (χ1v) is 9.18. The van der Waals surface area contributed by atoms with Crippen LogP contribution in [-0.4, -0.2) is 59.7 Å². The van der Waals surface area contributed by atoms with E-state index < -0.39 is 0 Å². The highest BCUT2D eigenvalue weighted by molar-refractivity contribution is 5.96. The number of carbonyl (C=O) groups is 2. The van der Waals surface area contributed by atoms with E-state index >= 15 is 0 Å². The van der Waals surface area contributed by atoms with Crippen LogP contribution in [0, 0.1) is 0 Å². The summed E-state index contributed by atoms with van der Waals surface area (Å²) >= 11 is 0. The Kier molecular flexibility index (Phi) is 4.19. The topological polar surface area (TPSA) is 98.2 Å². The molecule has 9 nitrogen and oxygen atoms in total. The molecule has 1 aromatic carbocycles. The number of benzene rings is 1. The van der Waals surface area contributed by atoms with Gasteiger partial charge in [-0.1, -0.05) is 5.16 Å². The Hall–Kier alpha value is -3.75. The fourth-order valence-corrected chi connectivity index (χ4v) is 3.40. The minimum atomic E-state index is -0.235. The molecule has 2 aliphatic heterocycles. The van der Waals surface area contributed by atoms with Gasteiger partial charge in [-0.05, 0) is 30.3 Å². The number of rotatable bonds is 3.